The maximum Gasteiger partial charge on any atom is 0.335 e. The standard InChI is InChI=1S/C25H36O5/c1-17(2)8-7-11-23(5)12-9-19-16-29-21-15-24(6,27)30-25(19,21)20(23)10-13-28-22(26)14-18(3)4/h8-10,13-14,20-21,27H,7,11-12,15-16H2,1-6H3/b13-10+/t20-,21+,23+,24-,25-/m1/s1. The van der Waals surface area contributed by atoms with Crippen molar-refractivity contribution in [3.8, 4) is 0 Å². The van der Waals surface area contributed by atoms with Gasteiger partial charge in [0, 0.05) is 18.4 Å². The Bertz CT molecular complexity index is 794. The Kier molecular flexibility index (Phi) is 6.47. The third kappa shape index (κ3) is 4.48. The molecule has 1 aliphatic carbocycles. The first-order valence-corrected chi connectivity index (χ1v) is 10.9. The highest BCUT2D eigenvalue weighted by molar-refractivity contribution is 5.83. The number of hydrogen-bond donors (Lipinski definition) is 1. The van der Waals surface area contributed by atoms with Crippen molar-refractivity contribution < 1.29 is 24.1 Å². The quantitative estimate of drug-likeness (QED) is 0.286. The fraction of sp³-hybridized carbons (Fsp3) is 0.640. The number of rotatable bonds is 6. The van der Waals surface area contributed by atoms with Gasteiger partial charge in [-0.25, -0.2) is 4.79 Å². The molecule has 0 aromatic heterocycles. The minimum absolute atomic E-state index is 0.0865. The number of carbonyl (C=O) groups is 1. The summed E-state index contributed by atoms with van der Waals surface area (Å²) >= 11 is 0. The van der Waals surface area contributed by atoms with Gasteiger partial charge in [0.05, 0.1) is 19.0 Å². The molecule has 3 aliphatic rings. The van der Waals surface area contributed by atoms with Crippen molar-refractivity contribution in [2.75, 3.05) is 6.61 Å². The molecule has 0 aromatic rings. The van der Waals surface area contributed by atoms with E-state index in [0.717, 1.165) is 30.4 Å². The van der Waals surface area contributed by atoms with Crippen molar-refractivity contribution in [1.29, 1.82) is 0 Å². The molecule has 2 aliphatic heterocycles. The predicted molar refractivity (Wildman–Crippen MR) is 116 cm³/mol. The molecule has 0 aromatic carbocycles. The van der Waals surface area contributed by atoms with Crippen LogP contribution < -0.4 is 0 Å². The monoisotopic (exact) mass is 416 g/mol. The van der Waals surface area contributed by atoms with Crippen LogP contribution in [0.3, 0.4) is 0 Å². The third-order valence-electron chi connectivity index (χ3n) is 6.53. The van der Waals surface area contributed by atoms with Crippen molar-refractivity contribution in [3.05, 3.63) is 47.3 Å². The molecular formula is C25H36O5. The van der Waals surface area contributed by atoms with Crippen LogP contribution in [0.2, 0.25) is 0 Å². The number of hydrogen-bond acceptors (Lipinski definition) is 5. The zero-order valence-electron chi connectivity index (χ0n) is 19.2. The summed E-state index contributed by atoms with van der Waals surface area (Å²) < 4.78 is 17.8. The Morgan fingerprint density at radius 3 is 2.67 bits per heavy atom. The number of aliphatic hydroxyl groups is 1. The van der Waals surface area contributed by atoms with Crippen molar-refractivity contribution in [2.45, 2.75) is 84.7 Å². The van der Waals surface area contributed by atoms with E-state index in [-0.39, 0.29) is 23.4 Å². The van der Waals surface area contributed by atoms with Crippen LogP contribution in [-0.2, 0) is 19.0 Å². The van der Waals surface area contributed by atoms with Gasteiger partial charge < -0.3 is 19.3 Å². The van der Waals surface area contributed by atoms with E-state index < -0.39 is 11.4 Å². The number of carbonyl (C=O) groups excluding carboxylic acids is 1. The molecule has 30 heavy (non-hydrogen) atoms. The van der Waals surface area contributed by atoms with Crippen molar-refractivity contribution >= 4 is 5.97 Å². The summed E-state index contributed by atoms with van der Waals surface area (Å²) in [6.07, 6.45) is 12.4. The molecule has 5 heteroatoms. The molecule has 0 unspecified atom stereocenters. The van der Waals surface area contributed by atoms with Gasteiger partial charge in [-0.1, -0.05) is 30.2 Å². The average Bonchev–Trinajstić information content (AvgIpc) is 3.06. The second kappa shape index (κ2) is 8.45. The number of esters is 1. The molecule has 3 rings (SSSR count). The van der Waals surface area contributed by atoms with Crippen LogP contribution in [-0.4, -0.2) is 35.2 Å². The number of allylic oxidation sites excluding steroid dienone is 4. The molecule has 0 radical (unpaired) electrons. The Morgan fingerprint density at radius 1 is 1.27 bits per heavy atom. The smallest absolute Gasteiger partial charge is 0.335 e. The molecule has 1 spiro atoms. The van der Waals surface area contributed by atoms with Crippen LogP contribution in [0.25, 0.3) is 0 Å². The van der Waals surface area contributed by atoms with E-state index in [4.69, 9.17) is 14.2 Å². The van der Waals surface area contributed by atoms with E-state index in [9.17, 15) is 9.90 Å². The lowest BCUT2D eigenvalue weighted by Crippen LogP contribution is -2.53. The maximum absolute atomic E-state index is 12.0. The largest absolute Gasteiger partial charge is 0.432 e. The molecule has 0 amide bonds. The van der Waals surface area contributed by atoms with Crippen LogP contribution in [0, 0.1) is 11.3 Å². The predicted octanol–water partition coefficient (Wildman–Crippen LogP) is 4.97. The molecular weight excluding hydrogens is 380 g/mol. The van der Waals surface area contributed by atoms with Gasteiger partial charge in [-0.05, 0) is 70.9 Å². The first-order chi connectivity index (χ1) is 14.0. The van der Waals surface area contributed by atoms with Gasteiger partial charge >= 0.3 is 5.97 Å². The van der Waals surface area contributed by atoms with Crippen molar-refractivity contribution in [1.82, 2.24) is 0 Å². The lowest BCUT2D eigenvalue weighted by Gasteiger charge is -2.49. The SMILES string of the molecule is CC(C)=CCC[C@@]1(C)CC=C2CO[C@H]3C[C@](C)(O)O[C@@]23[C@@H]1/C=C/OC(=O)C=C(C)C. The maximum atomic E-state index is 12.0. The minimum atomic E-state index is -1.24. The van der Waals surface area contributed by atoms with E-state index >= 15 is 0 Å². The molecule has 0 saturated carbocycles. The fourth-order valence-electron chi connectivity index (χ4n) is 5.19. The highest BCUT2D eigenvalue weighted by atomic mass is 16.7. The summed E-state index contributed by atoms with van der Waals surface area (Å²) in [7, 11) is 0. The zero-order chi connectivity index (χ0) is 22.2. The summed E-state index contributed by atoms with van der Waals surface area (Å²) in [6, 6.07) is 0. The molecule has 166 valence electrons. The lowest BCUT2D eigenvalue weighted by molar-refractivity contribution is -0.221. The second-order valence-corrected chi connectivity index (χ2v) is 9.95. The summed E-state index contributed by atoms with van der Waals surface area (Å²) in [5.41, 5.74) is 2.44. The summed E-state index contributed by atoms with van der Waals surface area (Å²) in [5.74, 6) is -1.72. The van der Waals surface area contributed by atoms with Crippen LogP contribution in [0.1, 0.15) is 67.2 Å². The molecule has 2 fully saturated rings. The summed E-state index contributed by atoms with van der Waals surface area (Å²) in [4.78, 5) is 12.0. The van der Waals surface area contributed by atoms with Gasteiger partial charge in [-0.15, -0.1) is 0 Å². The molecule has 2 heterocycles. The van der Waals surface area contributed by atoms with Gasteiger partial charge in [0.25, 0.3) is 0 Å². The highest BCUT2D eigenvalue weighted by Gasteiger charge is 2.66. The number of ether oxygens (including phenoxy) is 3. The molecule has 2 saturated heterocycles. The van der Waals surface area contributed by atoms with E-state index in [1.807, 2.05) is 19.9 Å². The fourth-order valence-corrected chi connectivity index (χ4v) is 5.19. The topological polar surface area (TPSA) is 65.0 Å². The summed E-state index contributed by atoms with van der Waals surface area (Å²) in [6.45, 7) is 12.4. The lowest BCUT2D eigenvalue weighted by atomic mass is 9.58. The van der Waals surface area contributed by atoms with Crippen molar-refractivity contribution in [2.24, 2.45) is 11.3 Å². The second-order valence-electron chi connectivity index (χ2n) is 9.95. The van der Waals surface area contributed by atoms with Gasteiger partial charge in [-0.3, -0.25) is 0 Å². The van der Waals surface area contributed by atoms with Gasteiger partial charge in [-0.2, -0.15) is 0 Å². The van der Waals surface area contributed by atoms with E-state index in [0.29, 0.717) is 13.0 Å². The minimum Gasteiger partial charge on any atom is -0.432 e. The Labute approximate surface area is 180 Å². The third-order valence-corrected chi connectivity index (χ3v) is 6.53. The molecule has 5 nitrogen and oxygen atoms in total. The van der Waals surface area contributed by atoms with Crippen LogP contribution in [0.4, 0.5) is 0 Å². The van der Waals surface area contributed by atoms with Crippen LogP contribution in [0.5, 0.6) is 0 Å². The van der Waals surface area contributed by atoms with Gasteiger partial charge in [0.15, 0.2) is 5.79 Å². The molecule has 0 bridgehead atoms. The normalized spacial score (nSPS) is 37.4. The molecule has 1 N–H and O–H groups in total. The Balaban J connectivity index is 1.95. The highest BCUT2D eigenvalue weighted by Crippen LogP contribution is 2.60. The van der Waals surface area contributed by atoms with Crippen LogP contribution in [0.15, 0.2) is 47.3 Å². The van der Waals surface area contributed by atoms with Gasteiger partial charge in [0.1, 0.15) is 5.60 Å². The first-order valence-electron chi connectivity index (χ1n) is 10.9. The van der Waals surface area contributed by atoms with Crippen LogP contribution >= 0.6 is 0 Å². The van der Waals surface area contributed by atoms with E-state index in [1.54, 1.807) is 6.92 Å². The molecule has 5 atom stereocenters. The average molecular weight is 417 g/mol. The van der Waals surface area contributed by atoms with Gasteiger partial charge in [0.2, 0.25) is 0 Å². The Hall–Kier alpha value is -1.69. The van der Waals surface area contributed by atoms with E-state index in [1.165, 1.54) is 17.9 Å². The van der Waals surface area contributed by atoms with Crippen molar-refractivity contribution in [3.63, 3.8) is 0 Å². The first kappa shape index (κ1) is 23.0. The Morgan fingerprint density at radius 2 is 2.00 bits per heavy atom. The zero-order valence-corrected chi connectivity index (χ0v) is 19.2. The van der Waals surface area contributed by atoms with E-state index in [2.05, 4.69) is 32.9 Å². The summed E-state index contributed by atoms with van der Waals surface area (Å²) in [5, 5.41) is 10.7.